The minimum atomic E-state index is -0.612. The Morgan fingerprint density at radius 1 is 1.00 bits per heavy atom. The van der Waals surface area contributed by atoms with E-state index in [0.29, 0.717) is 6.04 Å². The van der Waals surface area contributed by atoms with E-state index in [1.165, 1.54) is 32.1 Å². The number of anilines is 1. The van der Waals surface area contributed by atoms with E-state index in [4.69, 9.17) is 4.74 Å². The lowest BCUT2D eigenvalue weighted by Gasteiger charge is -2.31. The molecule has 2 aromatic rings. The van der Waals surface area contributed by atoms with Crippen molar-refractivity contribution in [2.45, 2.75) is 51.3 Å². The van der Waals surface area contributed by atoms with Crippen LogP contribution in [0.2, 0.25) is 0 Å². The first kappa shape index (κ1) is 21.8. The number of carbonyl (C=O) groups is 2. The first-order valence-electron chi connectivity index (χ1n) is 10.6. The van der Waals surface area contributed by atoms with E-state index < -0.39 is 6.09 Å². The largest absolute Gasteiger partial charge is 0.445 e. The zero-order valence-corrected chi connectivity index (χ0v) is 17.6. The third-order valence-electron chi connectivity index (χ3n) is 5.52. The van der Waals surface area contributed by atoms with Gasteiger partial charge in [-0.05, 0) is 37.1 Å². The van der Waals surface area contributed by atoms with Crippen molar-refractivity contribution in [2.24, 2.45) is 0 Å². The van der Waals surface area contributed by atoms with Gasteiger partial charge in [-0.25, -0.2) is 4.79 Å². The van der Waals surface area contributed by atoms with Crippen LogP contribution in [0.15, 0.2) is 54.6 Å². The number of ether oxygens (including phenoxy) is 1. The highest BCUT2D eigenvalue weighted by molar-refractivity contribution is 5.94. The molecule has 0 spiro atoms. The van der Waals surface area contributed by atoms with Crippen molar-refractivity contribution in [3.8, 4) is 0 Å². The minimum Gasteiger partial charge on any atom is -0.445 e. The lowest BCUT2D eigenvalue weighted by molar-refractivity contribution is -0.115. The van der Waals surface area contributed by atoms with Crippen molar-refractivity contribution in [1.29, 1.82) is 0 Å². The molecule has 0 unspecified atom stereocenters. The van der Waals surface area contributed by atoms with Gasteiger partial charge in [0.1, 0.15) is 13.2 Å². The number of benzene rings is 2. The monoisotopic (exact) mass is 409 g/mol. The van der Waals surface area contributed by atoms with Crippen LogP contribution in [0.5, 0.6) is 0 Å². The number of rotatable bonds is 8. The van der Waals surface area contributed by atoms with Gasteiger partial charge >= 0.3 is 6.09 Å². The first-order valence-corrected chi connectivity index (χ1v) is 10.6. The standard InChI is InChI=1S/C24H31N3O3/c1-27(21-13-6-3-7-14-21)17-20-12-8-9-15-22(20)26-23(28)16-25-24(29)30-18-19-10-4-2-5-11-19/h2,4-5,8-12,15,21H,3,6-7,13-14,16-18H2,1H3,(H,25,29)(H,26,28). The third-order valence-corrected chi connectivity index (χ3v) is 5.52. The van der Waals surface area contributed by atoms with Crippen LogP contribution in [0.25, 0.3) is 0 Å². The summed E-state index contributed by atoms with van der Waals surface area (Å²) in [6.45, 7) is 0.818. The van der Waals surface area contributed by atoms with Crippen LogP contribution in [0.1, 0.15) is 43.2 Å². The second-order valence-corrected chi connectivity index (χ2v) is 7.83. The van der Waals surface area contributed by atoms with Gasteiger partial charge in [0.2, 0.25) is 5.91 Å². The highest BCUT2D eigenvalue weighted by Crippen LogP contribution is 2.24. The van der Waals surface area contributed by atoms with Gasteiger partial charge in [0.05, 0.1) is 0 Å². The fraction of sp³-hybridized carbons (Fsp3) is 0.417. The smallest absolute Gasteiger partial charge is 0.407 e. The number of carbonyl (C=O) groups excluding carboxylic acids is 2. The first-order chi connectivity index (χ1) is 14.6. The van der Waals surface area contributed by atoms with Gasteiger partial charge < -0.3 is 15.4 Å². The van der Waals surface area contributed by atoms with Crippen molar-refractivity contribution in [1.82, 2.24) is 10.2 Å². The number of amides is 2. The molecule has 1 saturated carbocycles. The number of alkyl carbamates (subject to hydrolysis) is 1. The molecule has 30 heavy (non-hydrogen) atoms. The quantitative estimate of drug-likeness (QED) is 0.681. The Hall–Kier alpha value is -2.86. The Morgan fingerprint density at radius 2 is 1.70 bits per heavy atom. The van der Waals surface area contributed by atoms with Crippen molar-refractivity contribution >= 4 is 17.7 Å². The Balaban J connectivity index is 1.46. The van der Waals surface area contributed by atoms with E-state index in [-0.39, 0.29) is 19.1 Å². The van der Waals surface area contributed by atoms with Crippen LogP contribution in [0.4, 0.5) is 10.5 Å². The molecule has 3 rings (SSSR count). The molecule has 0 bridgehead atoms. The molecule has 2 aromatic carbocycles. The zero-order valence-electron chi connectivity index (χ0n) is 17.6. The molecule has 1 fully saturated rings. The predicted octanol–water partition coefficient (Wildman–Crippen LogP) is 4.32. The maximum Gasteiger partial charge on any atom is 0.407 e. The van der Waals surface area contributed by atoms with E-state index in [1.54, 1.807) is 0 Å². The summed E-state index contributed by atoms with van der Waals surface area (Å²) in [5.74, 6) is -0.278. The van der Waals surface area contributed by atoms with E-state index >= 15 is 0 Å². The highest BCUT2D eigenvalue weighted by atomic mass is 16.5. The van der Waals surface area contributed by atoms with Crippen molar-refractivity contribution in [3.63, 3.8) is 0 Å². The van der Waals surface area contributed by atoms with Gasteiger partial charge in [-0.3, -0.25) is 9.69 Å². The Labute approximate surface area is 178 Å². The summed E-state index contributed by atoms with van der Waals surface area (Å²) in [4.78, 5) is 26.6. The summed E-state index contributed by atoms with van der Waals surface area (Å²) in [6, 6.07) is 17.8. The van der Waals surface area contributed by atoms with E-state index in [0.717, 1.165) is 23.4 Å². The number of nitrogens with zero attached hydrogens (tertiary/aromatic N) is 1. The van der Waals surface area contributed by atoms with E-state index in [9.17, 15) is 9.59 Å². The molecule has 0 saturated heterocycles. The lowest BCUT2D eigenvalue weighted by atomic mass is 9.94. The van der Waals surface area contributed by atoms with Gasteiger partial charge in [-0.1, -0.05) is 67.8 Å². The molecule has 6 heteroatoms. The van der Waals surface area contributed by atoms with Crippen LogP contribution < -0.4 is 10.6 Å². The lowest BCUT2D eigenvalue weighted by Crippen LogP contribution is -2.34. The number of para-hydroxylation sites is 1. The highest BCUT2D eigenvalue weighted by Gasteiger charge is 2.19. The van der Waals surface area contributed by atoms with Crippen molar-refractivity contribution in [3.05, 3.63) is 65.7 Å². The van der Waals surface area contributed by atoms with Crippen molar-refractivity contribution < 1.29 is 14.3 Å². The molecule has 160 valence electrons. The van der Waals surface area contributed by atoms with Crippen molar-refractivity contribution in [2.75, 3.05) is 18.9 Å². The summed E-state index contributed by atoms with van der Waals surface area (Å²) in [5.41, 5.74) is 2.75. The Bertz CT molecular complexity index is 819. The molecule has 2 amide bonds. The molecular weight excluding hydrogens is 378 g/mol. The van der Waals surface area contributed by atoms with Crippen LogP contribution >= 0.6 is 0 Å². The molecular formula is C24H31N3O3. The molecule has 0 heterocycles. The fourth-order valence-corrected chi connectivity index (χ4v) is 3.82. The second kappa shape index (κ2) is 11.4. The Kier molecular flexibility index (Phi) is 8.27. The van der Waals surface area contributed by atoms with Gasteiger partial charge in [0, 0.05) is 18.3 Å². The summed E-state index contributed by atoms with van der Waals surface area (Å²) in [7, 11) is 2.15. The van der Waals surface area contributed by atoms with Gasteiger partial charge in [-0.15, -0.1) is 0 Å². The van der Waals surface area contributed by atoms with E-state index in [1.807, 2.05) is 54.6 Å². The number of hydrogen-bond acceptors (Lipinski definition) is 4. The zero-order chi connectivity index (χ0) is 21.2. The third kappa shape index (κ3) is 6.88. The normalized spacial score (nSPS) is 14.3. The summed E-state index contributed by atoms with van der Waals surface area (Å²) in [6.07, 6.45) is 5.77. The Morgan fingerprint density at radius 3 is 2.47 bits per heavy atom. The molecule has 2 N–H and O–H groups in total. The summed E-state index contributed by atoms with van der Waals surface area (Å²) < 4.78 is 5.14. The molecule has 1 aliphatic rings. The topological polar surface area (TPSA) is 70.7 Å². The minimum absolute atomic E-state index is 0.138. The van der Waals surface area contributed by atoms with E-state index in [2.05, 4.69) is 22.6 Å². The molecule has 1 aliphatic carbocycles. The van der Waals surface area contributed by atoms with Crippen LogP contribution in [0, 0.1) is 0 Å². The van der Waals surface area contributed by atoms with Gasteiger partial charge in [0.25, 0.3) is 0 Å². The van der Waals surface area contributed by atoms with Crippen LogP contribution in [-0.2, 0) is 22.7 Å². The van der Waals surface area contributed by atoms with Crippen LogP contribution in [-0.4, -0.2) is 36.5 Å². The molecule has 0 aliphatic heterocycles. The summed E-state index contributed by atoms with van der Waals surface area (Å²) in [5, 5.41) is 5.41. The van der Waals surface area contributed by atoms with Gasteiger partial charge in [0.15, 0.2) is 0 Å². The average molecular weight is 410 g/mol. The maximum atomic E-state index is 12.3. The van der Waals surface area contributed by atoms with Crippen LogP contribution in [0.3, 0.4) is 0 Å². The molecule has 0 atom stereocenters. The number of hydrogen-bond donors (Lipinski definition) is 2. The molecule has 0 radical (unpaired) electrons. The SMILES string of the molecule is CN(Cc1ccccc1NC(=O)CNC(=O)OCc1ccccc1)C1CCCCC1. The maximum absolute atomic E-state index is 12.3. The van der Waals surface area contributed by atoms with Gasteiger partial charge in [-0.2, -0.15) is 0 Å². The fourth-order valence-electron chi connectivity index (χ4n) is 3.82. The predicted molar refractivity (Wildman–Crippen MR) is 118 cm³/mol. The molecule has 6 nitrogen and oxygen atoms in total. The average Bonchev–Trinajstić information content (AvgIpc) is 2.79. The molecule has 0 aromatic heterocycles. The number of nitrogens with one attached hydrogen (secondary N) is 2. The summed E-state index contributed by atoms with van der Waals surface area (Å²) >= 11 is 0. The second-order valence-electron chi connectivity index (χ2n) is 7.83.